The normalized spacial score (nSPS) is 10.2. The fraction of sp³-hybridized carbons (Fsp3) is 0.417. The van der Waals surface area contributed by atoms with E-state index in [9.17, 15) is 4.79 Å². The average Bonchev–Trinajstić information content (AvgIpc) is 2.24. The predicted molar refractivity (Wildman–Crippen MR) is 63.4 cm³/mol. The fourth-order valence-electron chi connectivity index (χ4n) is 1.26. The Labute approximate surface area is 100 Å². The SMILES string of the molecule is COCCCOc1ccc(C(C)=O)c(Cl)c1. The minimum absolute atomic E-state index is 0.0454. The average molecular weight is 243 g/mol. The number of ether oxygens (including phenoxy) is 2. The number of ketones is 1. The van der Waals surface area contributed by atoms with Gasteiger partial charge in [0.2, 0.25) is 0 Å². The topological polar surface area (TPSA) is 35.5 Å². The molecule has 0 saturated heterocycles. The number of carbonyl (C=O) groups excluding carboxylic acids is 1. The summed E-state index contributed by atoms with van der Waals surface area (Å²) in [5.41, 5.74) is 0.519. The minimum Gasteiger partial charge on any atom is -0.493 e. The predicted octanol–water partition coefficient (Wildman–Crippen LogP) is 2.96. The molecule has 88 valence electrons. The van der Waals surface area contributed by atoms with Crippen LogP contribution in [0.15, 0.2) is 18.2 Å². The Kier molecular flexibility index (Phi) is 5.29. The highest BCUT2D eigenvalue weighted by atomic mass is 35.5. The molecule has 4 heteroatoms. The van der Waals surface area contributed by atoms with Gasteiger partial charge in [-0.1, -0.05) is 11.6 Å². The van der Waals surface area contributed by atoms with Crippen molar-refractivity contribution in [3.05, 3.63) is 28.8 Å². The number of Topliss-reactive ketones (excluding diaryl/α,β-unsaturated/α-hetero) is 1. The Bertz CT molecular complexity index is 363. The Morgan fingerprint density at radius 3 is 2.69 bits per heavy atom. The Morgan fingerprint density at radius 2 is 2.12 bits per heavy atom. The van der Waals surface area contributed by atoms with Crippen molar-refractivity contribution in [3.8, 4) is 5.75 Å². The van der Waals surface area contributed by atoms with E-state index >= 15 is 0 Å². The zero-order chi connectivity index (χ0) is 12.0. The second kappa shape index (κ2) is 6.51. The molecule has 0 saturated carbocycles. The minimum atomic E-state index is -0.0454. The third-order valence-corrected chi connectivity index (χ3v) is 2.39. The zero-order valence-corrected chi connectivity index (χ0v) is 10.2. The molecular formula is C12H15ClO3. The van der Waals surface area contributed by atoms with Gasteiger partial charge in [0.25, 0.3) is 0 Å². The molecule has 0 unspecified atom stereocenters. The van der Waals surface area contributed by atoms with Crippen LogP contribution >= 0.6 is 11.6 Å². The summed E-state index contributed by atoms with van der Waals surface area (Å²) < 4.78 is 10.4. The molecule has 3 nitrogen and oxygen atoms in total. The first-order chi connectivity index (χ1) is 7.65. The first kappa shape index (κ1) is 13.0. The lowest BCUT2D eigenvalue weighted by molar-refractivity contribution is 0.101. The smallest absolute Gasteiger partial charge is 0.161 e. The number of hydrogen-bond donors (Lipinski definition) is 0. The lowest BCUT2D eigenvalue weighted by atomic mass is 10.1. The quantitative estimate of drug-likeness (QED) is 0.568. The van der Waals surface area contributed by atoms with Crippen LogP contribution in [0.2, 0.25) is 5.02 Å². The number of carbonyl (C=O) groups is 1. The van der Waals surface area contributed by atoms with Crippen LogP contribution in [0.5, 0.6) is 5.75 Å². The van der Waals surface area contributed by atoms with Crippen LogP contribution in [0.1, 0.15) is 23.7 Å². The first-order valence-electron chi connectivity index (χ1n) is 5.07. The second-order valence-corrected chi connectivity index (χ2v) is 3.80. The third-order valence-electron chi connectivity index (χ3n) is 2.08. The van der Waals surface area contributed by atoms with Crippen molar-refractivity contribution in [2.45, 2.75) is 13.3 Å². The molecule has 0 N–H and O–H groups in total. The molecule has 0 heterocycles. The van der Waals surface area contributed by atoms with Gasteiger partial charge in [0.1, 0.15) is 5.75 Å². The Balaban J connectivity index is 2.56. The summed E-state index contributed by atoms with van der Waals surface area (Å²) in [5.74, 6) is 0.627. The van der Waals surface area contributed by atoms with E-state index in [4.69, 9.17) is 21.1 Å². The summed E-state index contributed by atoms with van der Waals surface area (Å²) in [4.78, 5) is 11.1. The zero-order valence-electron chi connectivity index (χ0n) is 9.46. The van der Waals surface area contributed by atoms with E-state index in [0.29, 0.717) is 29.5 Å². The van der Waals surface area contributed by atoms with Crippen molar-refractivity contribution in [3.63, 3.8) is 0 Å². The largest absolute Gasteiger partial charge is 0.493 e. The van der Waals surface area contributed by atoms with Crippen molar-refractivity contribution in [1.82, 2.24) is 0 Å². The van der Waals surface area contributed by atoms with Crippen LogP contribution in [0.3, 0.4) is 0 Å². The maximum atomic E-state index is 11.1. The van der Waals surface area contributed by atoms with Crippen molar-refractivity contribution in [2.24, 2.45) is 0 Å². The van der Waals surface area contributed by atoms with E-state index in [1.54, 1.807) is 25.3 Å². The molecule has 0 bridgehead atoms. The molecule has 0 radical (unpaired) electrons. The summed E-state index contributed by atoms with van der Waals surface area (Å²) in [5, 5.41) is 0.428. The lowest BCUT2D eigenvalue weighted by Gasteiger charge is -2.07. The van der Waals surface area contributed by atoms with Crippen molar-refractivity contribution < 1.29 is 14.3 Å². The van der Waals surface area contributed by atoms with Gasteiger partial charge in [-0.25, -0.2) is 0 Å². The molecule has 1 rings (SSSR count). The molecule has 0 atom stereocenters. The molecule has 0 aromatic heterocycles. The van der Waals surface area contributed by atoms with Crippen molar-refractivity contribution in [2.75, 3.05) is 20.3 Å². The molecular weight excluding hydrogens is 228 g/mol. The van der Waals surface area contributed by atoms with Crippen LogP contribution in [0.25, 0.3) is 0 Å². The summed E-state index contributed by atoms with van der Waals surface area (Å²) >= 11 is 5.94. The van der Waals surface area contributed by atoms with E-state index in [1.807, 2.05) is 0 Å². The van der Waals surface area contributed by atoms with Crippen LogP contribution in [0, 0.1) is 0 Å². The van der Waals surface area contributed by atoms with Crippen molar-refractivity contribution >= 4 is 17.4 Å². The Hall–Kier alpha value is -1.06. The molecule has 0 amide bonds. The number of halogens is 1. The van der Waals surface area contributed by atoms with Gasteiger partial charge >= 0.3 is 0 Å². The van der Waals surface area contributed by atoms with E-state index in [1.165, 1.54) is 6.92 Å². The van der Waals surface area contributed by atoms with Gasteiger partial charge in [0, 0.05) is 25.7 Å². The van der Waals surface area contributed by atoms with E-state index < -0.39 is 0 Å². The molecule has 0 aliphatic rings. The third kappa shape index (κ3) is 3.83. The highest BCUT2D eigenvalue weighted by Crippen LogP contribution is 2.22. The van der Waals surface area contributed by atoms with Crippen LogP contribution in [-0.4, -0.2) is 26.1 Å². The summed E-state index contributed by atoms with van der Waals surface area (Å²) in [6.45, 7) is 2.73. The molecule has 1 aromatic rings. The monoisotopic (exact) mass is 242 g/mol. The number of hydrogen-bond acceptors (Lipinski definition) is 3. The summed E-state index contributed by atoms with van der Waals surface area (Å²) in [6, 6.07) is 5.08. The molecule has 0 aliphatic carbocycles. The molecule has 1 aromatic carbocycles. The Morgan fingerprint density at radius 1 is 1.38 bits per heavy atom. The van der Waals surface area contributed by atoms with Gasteiger partial charge in [-0.15, -0.1) is 0 Å². The molecule has 0 aliphatic heterocycles. The molecule has 0 fully saturated rings. The number of benzene rings is 1. The highest BCUT2D eigenvalue weighted by Gasteiger charge is 2.06. The van der Waals surface area contributed by atoms with Gasteiger partial charge in [0.15, 0.2) is 5.78 Å². The van der Waals surface area contributed by atoms with Crippen LogP contribution in [0.4, 0.5) is 0 Å². The second-order valence-electron chi connectivity index (χ2n) is 3.39. The van der Waals surface area contributed by atoms with E-state index in [-0.39, 0.29) is 5.78 Å². The highest BCUT2D eigenvalue weighted by molar-refractivity contribution is 6.34. The van der Waals surface area contributed by atoms with Crippen LogP contribution in [-0.2, 0) is 4.74 Å². The van der Waals surface area contributed by atoms with Gasteiger partial charge in [-0.05, 0) is 25.1 Å². The molecule has 16 heavy (non-hydrogen) atoms. The van der Waals surface area contributed by atoms with Gasteiger partial charge in [-0.2, -0.15) is 0 Å². The standard InChI is InChI=1S/C12H15ClO3/c1-9(14)11-5-4-10(8-12(11)13)16-7-3-6-15-2/h4-5,8H,3,6-7H2,1-2H3. The lowest BCUT2D eigenvalue weighted by Crippen LogP contribution is -2.02. The summed E-state index contributed by atoms with van der Waals surface area (Å²) in [6.07, 6.45) is 0.822. The number of rotatable bonds is 6. The van der Waals surface area contributed by atoms with E-state index in [2.05, 4.69) is 0 Å². The molecule has 0 spiro atoms. The summed E-state index contributed by atoms with van der Waals surface area (Å²) in [7, 11) is 1.65. The van der Waals surface area contributed by atoms with Gasteiger partial charge in [0.05, 0.1) is 11.6 Å². The van der Waals surface area contributed by atoms with Gasteiger partial charge in [-0.3, -0.25) is 4.79 Å². The first-order valence-corrected chi connectivity index (χ1v) is 5.45. The van der Waals surface area contributed by atoms with Crippen LogP contribution < -0.4 is 4.74 Å². The number of methoxy groups -OCH3 is 1. The maximum Gasteiger partial charge on any atom is 0.161 e. The van der Waals surface area contributed by atoms with Gasteiger partial charge < -0.3 is 9.47 Å². The van der Waals surface area contributed by atoms with Crippen molar-refractivity contribution in [1.29, 1.82) is 0 Å². The van der Waals surface area contributed by atoms with E-state index in [0.717, 1.165) is 6.42 Å². The fourth-order valence-corrected chi connectivity index (χ4v) is 1.57. The maximum absolute atomic E-state index is 11.1.